The third-order valence-corrected chi connectivity index (χ3v) is 7.44. The Morgan fingerprint density at radius 3 is 1.62 bits per heavy atom. The molecule has 2 aromatic rings. The number of halogens is 2. The molecule has 4 heteroatoms. The second kappa shape index (κ2) is 8.13. The maximum absolute atomic E-state index is 12.5. The van der Waals surface area contributed by atoms with E-state index < -0.39 is 0 Å². The van der Waals surface area contributed by atoms with Crippen LogP contribution in [0, 0.1) is 7.14 Å². The molecule has 0 fully saturated rings. The van der Waals surface area contributed by atoms with Crippen LogP contribution in [0.3, 0.4) is 0 Å². The van der Waals surface area contributed by atoms with Crippen LogP contribution in [0.25, 0.3) is 11.1 Å². The Hall–Kier alpha value is -0.630. The van der Waals surface area contributed by atoms with Gasteiger partial charge in [0.15, 0.2) is 0 Å². The van der Waals surface area contributed by atoms with E-state index in [1.54, 1.807) is 0 Å². The number of rotatable bonds is 3. The van der Waals surface area contributed by atoms with Crippen LogP contribution < -0.4 is 0 Å². The van der Waals surface area contributed by atoms with Crippen molar-refractivity contribution in [2.24, 2.45) is 0 Å². The van der Waals surface area contributed by atoms with Gasteiger partial charge in [0.1, 0.15) is 0 Å². The van der Waals surface area contributed by atoms with Crippen LogP contribution in [0.5, 0.6) is 0 Å². The summed E-state index contributed by atoms with van der Waals surface area (Å²) < 4.78 is 7.80. The normalized spacial score (nSPS) is 14.0. The predicted octanol–water partition coefficient (Wildman–Crippen LogP) is 7.56. The van der Waals surface area contributed by atoms with E-state index in [9.17, 15) is 4.79 Å². The number of benzene rings is 2. The summed E-state index contributed by atoms with van der Waals surface area (Å²) in [5, 5.41) is 0. The van der Waals surface area contributed by atoms with Gasteiger partial charge in [-0.15, -0.1) is 0 Å². The van der Waals surface area contributed by atoms with Gasteiger partial charge in [0.05, 0.1) is 13.0 Å². The average Bonchev–Trinajstić information content (AvgIpc) is 2.88. The molecule has 0 saturated heterocycles. The van der Waals surface area contributed by atoms with E-state index in [1.807, 2.05) is 6.92 Å². The summed E-state index contributed by atoms with van der Waals surface area (Å²) in [5.41, 5.74) is 7.95. The fourth-order valence-corrected chi connectivity index (χ4v) is 5.99. The van der Waals surface area contributed by atoms with Crippen LogP contribution >= 0.6 is 45.2 Å². The van der Waals surface area contributed by atoms with E-state index in [0.717, 1.165) is 0 Å². The second-order valence-corrected chi connectivity index (χ2v) is 12.2. The Labute approximate surface area is 202 Å². The molecule has 1 aliphatic rings. The van der Waals surface area contributed by atoms with E-state index in [2.05, 4.69) is 111 Å². The van der Waals surface area contributed by atoms with Gasteiger partial charge in [-0.3, -0.25) is 4.79 Å². The zero-order valence-corrected chi connectivity index (χ0v) is 22.7. The molecule has 2 aromatic carbocycles. The Morgan fingerprint density at radius 1 is 0.862 bits per heavy atom. The summed E-state index contributed by atoms with van der Waals surface area (Å²) >= 11 is 4.91. The maximum atomic E-state index is 12.5. The van der Waals surface area contributed by atoms with Crippen molar-refractivity contribution < 1.29 is 9.53 Å². The summed E-state index contributed by atoms with van der Waals surface area (Å²) in [6.45, 7) is 15.8. The van der Waals surface area contributed by atoms with Gasteiger partial charge in [0.2, 0.25) is 0 Å². The molecule has 0 aromatic heterocycles. The molecule has 0 atom stereocenters. The SMILES string of the molecule is CCOC(=O)CC1c2c(I)cc(C(C)(C)C)cc2-c2cc(C(C)(C)C)cc(I)c21. The lowest BCUT2D eigenvalue weighted by Crippen LogP contribution is -2.14. The quantitative estimate of drug-likeness (QED) is 0.263. The first-order chi connectivity index (χ1) is 13.3. The highest BCUT2D eigenvalue weighted by molar-refractivity contribution is 14.1. The number of hydrogen-bond acceptors (Lipinski definition) is 2. The molecule has 0 unspecified atom stereocenters. The molecule has 0 heterocycles. The summed E-state index contributed by atoms with van der Waals surface area (Å²) in [5.74, 6) is -0.0661. The van der Waals surface area contributed by atoms with Crippen LogP contribution in [0.2, 0.25) is 0 Å². The molecule has 0 N–H and O–H groups in total. The van der Waals surface area contributed by atoms with Crippen molar-refractivity contribution in [3.8, 4) is 11.1 Å². The molecule has 1 aliphatic carbocycles. The molecule has 2 nitrogen and oxygen atoms in total. The highest BCUT2D eigenvalue weighted by Crippen LogP contribution is 2.52. The fraction of sp³-hybridized carbons (Fsp3) is 0.480. The molecule has 3 rings (SSSR count). The monoisotopic (exact) mass is 616 g/mol. The first-order valence-electron chi connectivity index (χ1n) is 10.2. The van der Waals surface area contributed by atoms with E-state index >= 15 is 0 Å². The van der Waals surface area contributed by atoms with Gasteiger partial charge in [0.25, 0.3) is 0 Å². The van der Waals surface area contributed by atoms with Crippen LogP contribution in [0.1, 0.15) is 83.1 Å². The summed E-state index contributed by atoms with van der Waals surface area (Å²) in [4.78, 5) is 12.5. The zero-order chi connectivity index (χ0) is 21.7. The third kappa shape index (κ3) is 4.53. The average molecular weight is 616 g/mol. The molecule has 0 bridgehead atoms. The van der Waals surface area contributed by atoms with Crippen LogP contribution in [0.4, 0.5) is 0 Å². The standard InChI is InChI=1S/C25H30I2O2/c1-8-29-21(28)13-18-22-16(9-14(11-19(22)26)24(2,3)4)17-10-15(25(5,6)7)12-20(27)23(17)18/h9-12,18H,8,13H2,1-7H3. The lowest BCUT2D eigenvalue weighted by atomic mass is 9.83. The van der Waals surface area contributed by atoms with E-state index in [4.69, 9.17) is 4.74 Å². The van der Waals surface area contributed by atoms with Crippen molar-refractivity contribution in [1.29, 1.82) is 0 Å². The molecule has 0 radical (unpaired) electrons. The Balaban J connectivity index is 2.29. The molecular formula is C25H30I2O2. The summed E-state index contributed by atoms with van der Waals surface area (Å²) in [7, 11) is 0. The lowest BCUT2D eigenvalue weighted by Gasteiger charge is -2.22. The number of fused-ring (bicyclic) bond motifs is 3. The highest BCUT2D eigenvalue weighted by Gasteiger charge is 2.36. The van der Waals surface area contributed by atoms with Crippen molar-refractivity contribution in [2.45, 2.75) is 71.6 Å². The van der Waals surface area contributed by atoms with Crippen molar-refractivity contribution in [3.63, 3.8) is 0 Å². The highest BCUT2D eigenvalue weighted by atomic mass is 127. The van der Waals surface area contributed by atoms with Gasteiger partial charge in [-0.05, 0) is 108 Å². The van der Waals surface area contributed by atoms with Crippen LogP contribution in [-0.4, -0.2) is 12.6 Å². The first-order valence-corrected chi connectivity index (χ1v) is 12.3. The smallest absolute Gasteiger partial charge is 0.306 e. The minimum atomic E-state index is -0.123. The van der Waals surface area contributed by atoms with Gasteiger partial charge < -0.3 is 4.74 Å². The number of carbonyl (C=O) groups excluding carboxylic acids is 1. The van der Waals surface area contributed by atoms with Gasteiger partial charge in [-0.2, -0.15) is 0 Å². The number of ether oxygens (including phenoxy) is 1. The van der Waals surface area contributed by atoms with Gasteiger partial charge in [-0.25, -0.2) is 0 Å². The maximum Gasteiger partial charge on any atom is 0.306 e. The van der Waals surface area contributed by atoms with Crippen molar-refractivity contribution >= 4 is 51.2 Å². The minimum Gasteiger partial charge on any atom is -0.466 e. The summed E-state index contributed by atoms with van der Waals surface area (Å²) in [6, 6.07) is 9.29. The topological polar surface area (TPSA) is 26.3 Å². The van der Waals surface area contributed by atoms with Crippen LogP contribution in [0.15, 0.2) is 24.3 Å². The molecule has 0 aliphatic heterocycles. The van der Waals surface area contributed by atoms with E-state index in [0.29, 0.717) is 13.0 Å². The molecule has 29 heavy (non-hydrogen) atoms. The summed E-state index contributed by atoms with van der Waals surface area (Å²) in [6.07, 6.45) is 0.392. The minimum absolute atomic E-state index is 0.0564. The second-order valence-electron chi connectivity index (χ2n) is 9.90. The number of carbonyl (C=O) groups is 1. The zero-order valence-electron chi connectivity index (χ0n) is 18.4. The molecular weight excluding hydrogens is 586 g/mol. The molecule has 0 spiro atoms. The van der Waals surface area contributed by atoms with E-state index in [-0.39, 0.29) is 22.7 Å². The van der Waals surface area contributed by atoms with Gasteiger partial charge in [-0.1, -0.05) is 53.7 Å². The molecule has 156 valence electrons. The Kier molecular flexibility index (Phi) is 6.46. The Morgan fingerprint density at radius 2 is 1.28 bits per heavy atom. The number of hydrogen-bond donors (Lipinski definition) is 0. The lowest BCUT2D eigenvalue weighted by molar-refractivity contribution is -0.143. The first kappa shape index (κ1) is 23.0. The Bertz CT molecular complexity index is 893. The fourth-order valence-electron chi connectivity index (χ4n) is 3.99. The predicted molar refractivity (Wildman–Crippen MR) is 138 cm³/mol. The van der Waals surface area contributed by atoms with Gasteiger partial charge in [0, 0.05) is 13.1 Å². The number of esters is 1. The van der Waals surface area contributed by atoms with Crippen molar-refractivity contribution in [1.82, 2.24) is 0 Å². The van der Waals surface area contributed by atoms with Crippen molar-refractivity contribution in [3.05, 3.63) is 53.7 Å². The van der Waals surface area contributed by atoms with Gasteiger partial charge >= 0.3 is 5.97 Å². The van der Waals surface area contributed by atoms with E-state index in [1.165, 1.54) is 40.5 Å². The largest absolute Gasteiger partial charge is 0.466 e. The molecule has 0 amide bonds. The van der Waals surface area contributed by atoms with Crippen LogP contribution in [-0.2, 0) is 20.4 Å². The molecule has 0 saturated carbocycles. The van der Waals surface area contributed by atoms with Crippen molar-refractivity contribution in [2.75, 3.05) is 6.61 Å². The third-order valence-electron chi connectivity index (χ3n) is 5.65.